The lowest BCUT2D eigenvalue weighted by atomic mass is 10.2. The number of hydrogen-bond acceptors (Lipinski definition) is 3. The second-order valence-electron chi connectivity index (χ2n) is 4.96. The van der Waals surface area contributed by atoms with Crippen LogP contribution >= 0.6 is 0 Å². The highest BCUT2D eigenvalue weighted by Crippen LogP contribution is 2.26. The normalized spacial score (nSPS) is 13.0. The van der Waals surface area contributed by atoms with Gasteiger partial charge in [-0.15, -0.1) is 0 Å². The van der Waals surface area contributed by atoms with Gasteiger partial charge in [0.1, 0.15) is 0 Å². The maximum atomic E-state index is 4.57. The molecule has 0 saturated heterocycles. The lowest BCUT2D eigenvalue weighted by Gasteiger charge is -2.14. The van der Waals surface area contributed by atoms with Gasteiger partial charge in [0.15, 0.2) is 0 Å². The molecule has 2 N–H and O–H groups in total. The van der Waals surface area contributed by atoms with Crippen LogP contribution in [-0.4, -0.2) is 20.0 Å². The first kappa shape index (κ1) is 12.7. The summed E-state index contributed by atoms with van der Waals surface area (Å²) in [6.07, 6.45) is 1.77. The highest BCUT2D eigenvalue weighted by atomic mass is 15.3. The number of H-pyrrole nitrogens is 1. The van der Waals surface area contributed by atoms with Gasteiger partial charge in [0.2, 0.25) is 0 Å². The van der Waals surface area contributed by atoms with Gasteiger partial charge in [-0.25, -0.2) is 0 Å². The molecule has 18 heavy (non-hydrogen) atoms. The van der Waals surface area contributed by atoms with Crippen LogP contribution in [0.2, 0.25) is 0 Å². The van der Waals surface area contributed by atoms with Crippen LogP contribution in [0.3, 0.4) is 0 Å². The van der Waals surface area contributed by atoms with E-state index in [0.29, 0.717) is 6.04 Å². The van der Waals surface area contributed by atoms with Gasteiger partial charge in [0.25, 0.3) is 0 Å². The Bertz CT molecular complexity index is 510. The van der Waals surface area contributed by atoms with E-state index in [1.807, 2.05) is 13.0 Å². The standard InChI is InChI=1S/C13H21N5/c1-8(2)18-11(5)13(10(4)17-18)15-9(3)12-6-7-14-16-12/h6-9,15H,1-5H3,(H,14,16). The topological polar surface area (TPSA) is 58.5 Å². The molecule has 0 bridgehead atoms. The van der Waals surface area contributed by atoms with Crippen molar-refractivity contribution in [1.29, 1.82) is 0 Å². The van der Waals surface area contributed by atoms with Crippen molar-refractivity contribution in [3.05, 3.63) is 29.3 Å². The molecule has 98 valence electrons. The van der Waals surface area contributed by atoms with Crippen LogP contribution in [-0.2, 0) is 0 Å². The van der Waals surface area contributed by atoms with Gasteiger partial charge in [-0.2, -0.15) is 10.2 Å². The number of nitrogens with zero attached hydrogens (tertiary/aromatic N) is 3. The summed E-state index contributed by atoms with van der Waals surface area (Å²) in [4.78, 5) is 0. The lowest BCUT2D eigenvalue weighted by molar-refractivity contribution is 0.516. The summed E-state index contributed by atoms with van der Waals surface area (Å²) in [5.41, 5.74) is 4.40. The first-order valence-electron chi connectivity index (χ1n) is 6.32. The van der Waals surface area contributed by atoms with E-state index < -0.39 is 0 Å². The number of rotatable bonds is 4. The number of anilines is 1. The minimum Gasteiger partial charge on any atom is -0.374 e. The van der Waals surface area contributed by atoms with Crippen LogP contribution in [0.4, 0.5) is 5.69 Å². The molecule has 2 heterocycles. The molecule has 2 aromatic heterocycles. The number of aromatic amines is 1. The summed E-state index contributed by atoms with van der Waals surface area (Å²) in [7, 11) is 0. The molecule has 5 nitrogen and oxygen atoms in total. The summed E-state index contributed by atoms with van der Waals surface area (Å²) in [5.74, 6) is 0. The van der Waals surface area contributed by atoms with Crippen molar-refractivity contribution in [3.63, 3.8) is 0 Å². The largest absolute Gasteiger partial charge is 0.374 e. The van der Waals surface area contributed by atoms with E-state index in [-0.39, 0.29) is 6.04 Å². The van der Waals surface area contributed by atoms with Crippen molar-refractivity contribution in [2.75, 3.05) is 5.32 Å². The Morgan fingerprint density at radius 3 is 2.50 bits per heavy atom. The zero-order valence-corrected chi connectivity index (χ0v) is 11.7. The average molecular weight is 247 g/mol. The van der Waals surface area contributed by atoms with E-state index in [1.54, 1.807) is 6.20 Å². The monoisotopic (exact) mass is 247 g/mol. The molecule has 2 aromatic rings. The summed E-state index contributed by atoms with van der Waals surface area (Å²) < 4.78 is 2.05. The third-order valence-corrected chi connectivity index (χ3v) is 3.16. The Labute approximate surface area is 108 Å². The van der Waals surface area contributed by atoms with E-state index in [1.165, 1.54) is 5.69 Å². The Morgan fingerprint density at radius 2 is 2.00 bits per heavy atom. The van der Waals surface area contributed by atoms with Gasteiger partial charge in [-0.1, -0.05) is 0 Å². The second-order valence-corrected chi connectivity index (χ2v) is 4.96. The third kappa shape index (κ3) is 2.25. The second kappa shape index (κ2) is 4.84. The zero-order chi connectivity index (χ0) is 13.3. The van der Waals surface area contributed by atoms with Gasteiger partial charge in [0, 0.05) is 12.2 Å². The van der Waals surface area contributed by atoms with Crippen LogP contribution in [0, 0.1) is 13.8 Å². The van der Waals surface area contributed by atoms with Gasteiger partial charge >= 0.3 is 0 Å². The Morgan fingerprint density at radius 1 is 1.28 bits per heavy atom. The third-order valence-electron chi connectivity index (χ3n) is 3.16. The molecular weight excluding hydrogens is 226 g/mol. The molecule has 0 aliphatic heterocycles. The van der Waals surface area contributed by atoms with Gasteiger partial charge in [0.05, 0.1) is 28.8 Å². The first-order chi connectivity index (χ1) is 8.50. The van der Waals surface area contributed by atoms with E-state index in [2.05, 4.69) is 53.0 Å². The van der Waals surface area contributed by atoms with Crippen molar-refractivity contribution in [1.82, 2.24) is 20.0 Å². The zero-order valence-electron chi connectivity index (χ0n) is 11.7. The summed E-state index contributed by atoms with van der Waals surface area (Å²) >= 11 is 0. The fourth-order valence-electron chi connectivity index (χ4n) is 2.18. The quantitative estimate of drug-likeness (QED) is 0.873. The average Bonchev–Trinajstić information content (AvgIpc) is 2.92. The molecule has 5 heteroatoms. The van der Waals surface area contributed by atoms with E-state index >= 15 is 0 Å². The molecule has 0 fully saturated rings. The SMILES string of the molecule is Cc1nn(C(C)C)c(C)c1NC(C)c1ccn[nH]1. The predicted octanol–water partition coefficient (Wildman–Crippen LogP) is 2.98. The fourth-order valence-corrected chi connectivity index (χ4v) is 2.18. The molecule has 0 spiro atoms. The molecule has 2 rings (SSSR count). The first-order valence-corrected chi connectivity index (χ1v) is 6.32. The van der Waals surface area contributed by atoms with Crippen molar-refractivity contribution < 1.29 is 0 Å². The maximum absolute atomic E-state index is 4.57. The summed E-state index contributed by atoms with van der Waals surface area (Å²) in [6.45, 7) is 10.5. The molecule has 0 aliphatic rings. The number of hydrogen-bond donors (Lipinski definition) is 2. The Balaban J connectivity index is 2.24. The molecule has 1 atom stereocenters. The smallest absolute Gasteiger partial charge is 0.0828 e. The summed E-state index contributed by atoms with van der Waals surface area (Å²) in [5, 5.41) is 15.0. The van der Waals surface area contributed by atoms with Gasteiger partial charge in [-0.05, 0) is 40.7 Å². The number of nitrogens with one attached hydrogen (secondary N) is 2. The molecule has 0 saturated carbocycles. The van der Waals surface area contributed by atoms with Gasteiger partial charge in [-0.3, -0.25) is 9.78 Å². The van der Waals surface area contributed by atoms with Crippen LogP contribution < -0.4 is 5.32 Å². The molecule has 1 unspecified atom stereocenters. The van der Waals surface area contributed by atoms with Crippen molar-refractivity contribution in [2.24, 2.45) is 0 Å². The molecule has 0 aliphatic carbocycles. The highest BCUT2D eigenvalue weighted by Gasteiger charge is 2.16. The fraction of sp³-hybridized carbons (Fsp3) is 0.538. The minimum atomic E-state index is 0.190. The van der Waals surface area contributed by atoms with Crippen LogP contribution in [0.5, 0.6) is 0 Å². The van der Waals surface area contributed by atoms with E-state index in [9.17, 15) is 0 Å². The Hall–Kier alpha value is -1.78. The molecular formula is C13H21N5. The van der Waals surface area contributed by atoms with Crippen LogP contribution in [0.1, 0.15) is 49.9 Å². The predicted molar refractivity (Wildman–Crippen MR) is 72.7 cm³/mol. The molecule has 0 radical (unpaired) electrons. The van der Waals surface area contributed by atoms with Crippen molar-refractivity contribution in [3.8, 4) is 0 Å². The van der Waals surface area contributed by atoms with Crippen molar-refractivity contribution >= 4 is 5.69 Å². The summed E-state index contributed by atoms with van der Waals surface area (Å²) in [6, 6.07) is 2.55. The van der Waals surface area contributed by atoms with E-state index in [4.69, 9.17) is 0 Å². The van der Waals surface area contributed by atoms with Crippen LogP contribution in [0.25, 0.3) is 0 Å². The maximum Gasteiger partial charge on any atom is 0.0828 e. The minimum absolute atomic E-state index is 0.190. The van der Waals surface area contributed by atoms with Gasteiger partial charge < -0.3 is 5.32 Å². The van der Waals surface area contributed by atoms with Crippen molar-refractivity contribution in [2.45, 2.75) is 46.7 Å². The highest BCUT2D eigenvalue weighted by molar-refractivity contribution is 5.53. The number of aromatic nitrogens is 4. The number of aryl methyl sites for hydroxylation is 1. The van der Waals surface area contributed by atoms with Crippen LogP contribution in [0.15, 0.2) is 12.3 Å². The van der Waals surface area contributed by atoms with E-state index in [0.717, 1.165) is 17.1 Å². The molecule has 0 aromatic carbocycles. The lowest BCUT2D eigenvalue weighted by Crippen LogP contribution is -2.09. The molecule has 0 amide bonds. The Kier molecular flexibility index (Phi) is 3.41.